The second-order valence-corrected chi connectivity index (χ2v) is 6.14. The predicted octanol–water partition coefficient (Wildman–Crippen LogP) is 1.23. The largest absolute Gasteiger partial charge is 0.481 e. The number of carbonyl (C=O) groups excluding carboxylic acids is 1. The summed E-state index contributed by atoms with van der Waals surface area (Å²) in [6.07, 6.45) is 3.43. The highest BCUT2D eigenvalue weighted by Gasteiger charge is 2.50. The van der Waals surface area contributed by atoms with Crippen molar-refractivity contribution in [1.82, 2.24) is 14.7 Å². The fraction of sp³-hybridized carbons (Fsp3) is 0.462. The molecule has 2 aromatic heterocycles. The highest BCUT2D eigenvalue weighted by Crippen LogP contribution is 2.45. The minimum Gasteiger partial charge on any atom is -0.481 e. The molecule has 1 saturated carbocycles. The Labute approximate surface area is 119 Å². The molecule has 0 atom stereocenters. The normalized spacial score (nSPS) is 16.2. The van der Waals surface area contributed by atoms with Crippen molar-refractivity contribution >= 4 is 28.2 Å². The van der Waals surface area contributed by atoms with Crippen LogP contribution in [0, 0.1) is 12.3 Å². The van der Waals surface area contributed by atoms with Gasteiger partial charge < -0.3 is 10.4 Å². The molecule has 0 unspecified atom stereocenters. The number of rotatable bonds is 5. The first-order valence-corrected chi connectivity index (χ1v) is 7.30. The Kier molecular flexibility index (Phi) is 3.01. The van der Waals surface area contributed by atoms with E-state index in [9.17, 15) is 9.59 Å². The van der Waals surface area contributed by atoms with Crippen LogP contribution in [0.3, 0.4) is 0 Å². The van der Waals surface area contributed by atoms with E-state index >= 15 is 0 Å². The minimum absolute atomic E-state index is 0.149. The lowest BCUT2D eigenvalue weighted by Gasteiger charge is -2.10. The number of thiazole rings is 1. The number of fused-ring (bicyclic) bond motifs is 1. The van der Waals surface area contributed by atoms with Gasteiger partial charge in [-0.1, -0.05) is 0 Å². The fourth-order valence-electron chi connectivity index (χ4n) is 2.18. The first kappa shape index (κ1) is 13.1. The van der Waals surface area contributed by atoms with Crippen LogP contribution < -0.4 is 5.32 Å². The third kappa shape index (κ3) is 2.29. The van der Waals surface area contributed by atoms with Crippen LogP contribution in [0.5, 0.6) is 0 Å². The minimum atomic E-state index is -0.819. The number of aryl methyl sites for hydroxylation is 1. The molecule has 0 aromatic carbocycles. The molecule has 2 heterocycles. The van der Waals surface area contributed by atoms with Crippen molar-refractivity contribution in [3.8, 4) is 0 Å². The Morgan fingerprint density at radius 3 is 2.95 bits per heavy atom. The number of carboxylic acids is 1. The molecule has 0 saturated heterocycles. The molecule has 20 heavy (non-hydrogen) atoms. The van der Waals surface area contributed by atoms with E-state index in [-0.39, 0.29) is 18.9 Å². The van der Waals surface area contributed by atoms with Crippen LogP contribution in [-0.2, 0) is 16.0 Å². The Balaban J connectivity index is 1.63. The van der Waals surface area contributed by atoms with Crippen molar-refractivity contribution in [3.63, 3.8) is 0 Å². The summed E-state index contributed by atoms with van der Waals surface area (Å²) in [6.45, 7) is 2.13. The molecule has 6 nitrogen and oxygen atoms in total. The van der Waals surface area contributed by atoms with Gasteiger partial charge in [-0.05, 0) is 19.8 Å². The maximum absolute atomic E-state index is 11.9. The molecular weight excluding hydrogens is 278 g/mol. The van der Waals surface area contributed by atoms with E-state index in [1.54, 1.807) is 0 Å². The zero-order valence-electron chi connectivity index (χ0n) is 11.0. The zero-order valence-corrected chi connectivity index (χ0v) is 11.9. The molecule has 0 bridgehead atoms. The summed E-state index contributed by atoms with van der Waals surface area (Å²) >= 11 is 1.50. The van der Waals surface area contributed by atoms with Gasteiger partial charge in [0, 0.05) is 23.8 Å². The SMILES string of the molecule is Cc1cn2c(CC(=O)NCC3(C(=O)O)CC3)csc2n1. The van der Waals surface area contributed by atoms with Gasteiger partial charge in [-0.15, -0.1) is 11.3 Å². The van der Waals surface area contributed by atoms with Gasteiger partial charge in [-0.25, -0.2) is 4.98 Å². The van der Waals surface area contributed by atoms with E-state index < -0.39 is 11.4 Å². The number of carboxylic acid groups (broad SMARTS) is 1. The second-order valence-electron chi connectivity index (χ2n) is 5.30. The van der Waals surface area contributed by atoms with Crippen molar-refractivity contribution in [2.45, 2.75) is 26.2 Å². The first-order valence-electron chi connectivity index (χ1n) is 6.42. The number of carbonyl (C=O) groups is 2. The number of hydrogen-bond acceptors (Lipinski definition) is 4. The number of aliphatic carboxylic acids is 1. The van der Waals surface area contributed by atoms with Crippen molar-refractivity contribution in [2.75, 3.05) is 6.54 Å². The van der Waals surface area contributed by atoms with E-state index in [1.165, 1.54) is 11.3 Å². The van der Waals surface area contributed by atoms with Crippen molar-refractivity contribution in [1.29, 1.82) is 0 Å². The maximum atomic E-state index is 11.9. The molecule has 1 aliphatic rings. The van der Waals surface area contributed by atoms with Crippen LogP contribution in [0.15, 0.2) is 11.6 Å². The number of hydrogen-bond donors (Lipinski definition) is 2. The van der Waals surface area contributed by atoms with Gasteiger partial charge in [-0.2, -0.15) is 0 Å². The molecule has 0 radical (unpaired) electrons. The second kappa shape index (κ2) is 4.59. The maximum Gasteiger partial charge on any atom is 0.311 e. The summed E-state index contributed by atoms with van der Waals surface area (Å²) in [5.41, 5.74) is 1.08. The third-order valence-electron chi connectivity index (χ3n) is 3.68. The number of amides is 1. The van der Waals surface area contributed by atoms with Gasteiger partial charge in [0.25, 0.3) is 0 Å². The monoisotopic (exact) mass is 293 g/mol. The van der Waals surface area contributed by atoms with Crippen LogP contribution in [0.2, 0.25) is 0 Å². The quantitative estimate of drug-likeness (QED) is 0.868. The average molecular weight is 293 g/mol. The van der Waals surface area contributed by atoms with Crippen molar-refractivity contribution in [2.24, 2.45) is 5.41 Å². The van der Waals surface area contributed by atoms with E-state index in [2.05, 4.69) is 10.3 Å². The number of nitrogens with one attached hydrogen (secondary N) is 1. The van der Waals surface area contributed by atoms with Gasteiger partial charge in [0.1, 0.15) is 0 Å². The Hall–Kier alpha value is -1.89. The van der Waals surface area contributed by atoms with E-state index in [0.29, 0.717) is 12.8 Å². The summed E-state index contributed by atoms with van der Waals surface area (Å²) in [7, 11) is 0. The molecule has 7 heteroatoms. The lowest BCUT2D eigenvalue weighted by atomic mass is 10.1. The Morgan fingerprint density at radius 1 is 1.55 bits per heavy atom. The van der Waals surface area contributed by atoms with Crippen LogP contribution in [0.25, 0.3) is 4.96 Å². The van der Waals surface area contributed by atoms with Gasteiger partial charge >= 0.3 is 5.97 Å². The van der Waals surface area contributed by atoms with Gasteiger partial charge in [-0.3, -0.25) is 14.0 Å². The summed E-state index contributed by atoms with van der Waals surface area (Å²) in [4.78, 5) is 28.2. The van der Waals surface area contributed by atoms with Crippen LogP contribution in [0.1, 0.15) is 24.2 Å². The summed E-state index contributed by atoms with van der Waals surface area (Å²) < 4.78 is 1.91. The summed E-state index contributed by atoms with van der Waals surface area (Å²) in [5, 5.41) is 13.7. The Morgan fingerprint density at radius 2 is 2.30 bits per heavy atom. The lowest BCUT2D eigenvalue weighted by molar-refractivity contribution is -0.143. The van der Waals surface area contributed by atoms with Crippen LogP contribution >= 0.6 is 11.3 Å². The molecule has 106 valence electrons. The molecule has 1 aliphatic carbocycles. The molecule has 1 fully saturated rings. The zero-order chi connectivity index (χ0) is 14.3. The number of nitrogens with zero attached hydrogens (tertiary/aromatic N) is 2. The molecule has 0 spiro atoms. The van der Waals surface area contributed by atoms with Crippen molar-refractivity contribution in [3.05, 3.63) is 23.0 Å². The Bertz CT molecular complexity index is 684. The number of imidazole rings is 1. The highest BCUT2D eigenvalue weighted by molar-refractivity contribution is 7.15. The van der Waals surface area contributed by atoms with Gasteiger partial charge in [0.05, 0.1) is 17.5 Å². The van der Waals surface area contributed by atoms with Gasteiger partial charge in [0.2, 0.25) is 5.91 Å². The first-order chi connectivity index (χ1) is 9.50. The lowest BCUT2D eigenvalue weighted by Crippen LogP contribution is -2.35. The number of aromatic nitrogens is 2. The van der Waals surface area contributed by atoms with Crippen LogP contribution in [-0.4, -0.2) is 32.9 Å². The van der Waals surface area contributed by atoms with E-state index in [1.807, 2.05) is 22.9 Å². The predicted molar refractivity (Wildman–Crippen MR) is 73.8 cm³/mol. The molecule has 2 N–H and O–H groups in total. The highest BCUT2D eigenvalue weighted by atomic mass is 32.1. The van der Waals surface area contributed by atoms with E-state index in [0.717, 1.165) is 16.3 Å². The standard InChI is InChI=1S/C13H15N3O3S/c1-8-5-16-9(6-20-12(16)15-8)4-10(17)14-7-13(2-3-13)11(18)19/h5-6H,2-4,7H2,1H3,(H,14,17)(H,18,19). The van der Waals surface area contributed by atoms with Crippen molar-refractivity contribution < 1.29 is 14.7 Å². The average Bonchev–Trinajstić information content (AvgIpc) is 2.99. The molecule has 1 amide bonds. The molecule has 0 aliphatic heterocycles. The molecule has 3 rings (SSSR count). The summed E-state index contributed by atoms with van der Waals surface area (Å²) in [5.74, 6) is -0.968. The van der Waals surface area contributed by atoms with Gasteiger partial charge in [0.15, 0.2) is 4.96 Å². The summed E-state index contributed by atoms with van der Waals surface area (Å²) in [6, 6.07) is 0. The third-order valence-corrected chi connectivity index (χ3v) is 4.57. The molecule has 2 aromatic rings. The smallest absolute Gasteiger partial charge is 0.311 e. The van der Waals surface area contributed by atoms with E-state index in [4.69, 9.17) is 5.11 Å². The van der Waals surface area contributed by atoms with Crippen LogP contribution in [0.4, 0.5) is 0 Å². The topological polar surface area (TPSA) is 83.7 Å². The molecular formula is C13H15N3O3S. The fourth-order valence-corrected chi connectivity index (χ4v) is 3.10.